The van der Waals surface area contributed by atoms with E-state index in [0.717, 1.165) is 47.9 Å². The average Bonchev–Trinajstić information content (AvgIpc) is 2.90. The summed E-state index contributed by atoms with van der Waals surface area (Å²) in [6.45, 7) is 4.64. The number of unbranched alkanes of at least 4 members (excludes halogenated alkanes) is 8. The molecule has 0 unspecified atom stereocenters. The molecule has 2 rings (SSSR count). The monoisotopic (exact) mass is 496 g/mol. The smallest absolute Gasteiger partial charge is 0.163 e. The van der Waals surface area contributed by atoms with E-state index in [1.807, 2.05) is 48.5 Å². The first-order valence-electron chi connectivity index (χ1n) is 14.0. The lowest BCUT2D eigenvalue weighted by atomic mass is 9.97. The van der Waals surface area contributed by atoms with E-state index in [9.17, 15) is 9.59 Å². The van der Waals surface area contributed by atoms with Gasteiger partial charge in [0.1, 0.15) is 0 Å². The van der Waals surface area contributed by atoms with Crippen LogP contribution in [0.1, 0.15) is 123 Å². The highest BCUT2D eigenvalue weighted by molar-refractivity contribution is 5.97. The zero-order valence-electron chi connectivity index (χ0n) is 22.6. The molecule has 0 fully saturated rings. The van der Waals surface area contributed by atoms with Crippen molar-refractivity contribution in [1.82, 2.24) is 0 Å². The standard InChI is InChI=1S/2C16H24O2/c1-2-3-4-5-6-11-16(18)15-10-8-7-9-14(15)12-13-17;1-2-3-4-5-6-7-16(18)15-10-8-14(9-11-15)12-13-17/h7-10,17H,2-6,11-13H2,1H3;8-11,17H,2-7,12-13H2,1H3. The van der Waals surface area contributed by atoms with Crippen LogP contribution in [0.2, 0.25) is 0 Å². The summed E-state index contributed by atoms with van der Waals surface area (Å²) in [6.07, 6.45) is 14.2. The maximum atomic E-state index is 12.1. The second-order valence-electron chi connectivity index (χ2n) is 9.48. The van der Waals surface area contributed by atoms with Crippen LogP contribution < -0.4 is 0 Å². The molecular formula is C32H48O4. The second-order valence-corrected chi connectivity index (χ2v) is 9.48. The summed E-state index contributed by atoms with van der Waals surface area (Å²) < 4.78 is 0. The fraction of sp³-hybridized carbons (Fsp3) is 0.562. The zero-order chi connectivity index (χ0) is 26.4. The first kappa shape index (κ1) is 31.7. The van der Waals surface area contributed by atoms with E-state index < -0.39 is 0 Å². The van der Waals surface area contributed by atoms with E-state index in [2.05, 4.69) is 13.8 Å². The lowest BCUT2D eigenvalue weighted by Gasteiger charge is -2.07. The Morgan fingerprint density at radius 2 is 1.14 bits per heavy atom. The summed E-state index contributed by atoms with van der Waals surface area (Å²) in [7, 11) is 0. The van der Waals surface area contributed by atoms with Gasteiger partial charge in [-0.05, 0) is 36.8 Å². The van der Waals surface area contributed by atoms with Gasteiger partial charge in [0.15, 0.2) is 11.6 Å². The first-order valence-corrected chi connectivity index (χ1v) is 14.0. The summed E-state index contributed by atoms with van der Waals surface area (Å²) >= 11 is 0. The van der Waals surface area contributed by atoms with Gasteiger partial charge in [0.05, 0.1) is 0 Å². The Morgan fingerprint density at radius 1 is 0.611 bits per heavy atom. The van der Waals surface area contributed by atoms with Crippen molar-refractivity contribution in [3.05, 3.63) is 70.8 Å². The van der Waals surface area contributed by atoms with Crippen LogP contribution in [-0.2, 0) is 12.8 Å². The molecule has 200 valence electrons. The fourth-order valence-electron chi connectivity index (χ4n) is 4.17. The quantitative estimate of drug-likeness (QED) is 0.165. The number of carbonyl (C=O) groups is 2. The van der Waals surface area contributed by atoms with Crippen LogP contribution in [0, 0.1) is 0 Å². The molecule has 2 aromatic rings. The van der Waals surface area contributed by atoms with Crippen molar-refractivity contribution in [2.45, 2.75) is 104 Å². The van der Waals surface area contributed by atoms with Crippen molar-refractivity contribution in [3.8, 4) is 0 Å². The third kappa shape index (κ3) is 13.7. The summed E-state index contributed by atoms with van der Waals surface area (Å²) in [5, 5.41) is 17.8. The number of aliphatic hydroxyl groups excluding tert-OH is 2. The Bertz CT molecular complexity index is 841. The predicted octanol–water partition coefficient (Wildman–Crippen LogP) is 7.53. The molecule has 2 N–H and O–H groups in total. The third-order valence-corrected chi connectivity index (χ3v) is 6.39. The van der Waals surface area contributed by atoms with Crippen molar-refractivity contribution < 1.29 is 19.8 Å². The second kappa shape index (κ2) is 20.8. The van der Waals surface area contributed by atoms with E-state index in [4.69, 9.17) is 10.2 Å². The molecule has 0 aliphatic heterocycles. The fourth-order valence-corrected chi connectivity index (χ4v) is 4.17. The van der Waals surface area contributed by atoms with Gasteiger partial charge in [-0.25, -0.2) is 0 Å². The van der Waals surface area contributed by atoms with Crippen molar-refractivity contribution in [1.29, 1.82) is 0 Å². The normalized spacial score (nSPS) is 10.6. The molecule has 0 radical (unpaired) electrons. The van der Waals surface area contributed by atoms with Crippen LogP contribution in [0.5, 0.6) is 0 Å². The number of carbonyl (C=O) groups excluding carboxylic acids is 2. The van der Waals surface area contributed by atoms with Crippen LogP contribution in [0.25, 0.3) is 0 Å². The van der Waals surface area contributed by atoms with Gasteiger partial charge < -0.3 is 10.2 Å². The summed E-state index contributed by atoms with van der Waals surface area (Å²) in [4.78, 5) is 24.0. The van der Waals surface area contributed by atoms with Crippen molar-refractivity contribution >= 4 is 11.6 Å². The molecule has 0 aromatic heterocycles. The highest BCUT2D eigenvalue weighted by atomic mass is 16.3. The summed E-state index contributed by atoms with van der Waals surface area (Å²) in [5.74, 6) is 0.456. The van der Waals surface area contributed by atoms with Gasteiger partial charge in [-0.15, -0.1) is 0 Å². The van der Waals surface area contributed by atoms with Gasteiger partial charge in [-0.2, -0.15) is 0 Å². The number of aliphatic hydroxyl groups is 2. The molecule has 0 bridgehead atoms. The topological polar surface area (TPSA) is 74.6 Å². The maximum Gasteiger partial charge on any atom is 0.163 e. The van der Waals surface area contributed by atoms with Crippen LogP contribution in [-0.4, -0.2) is 35.0 Å². The minimum atomic E-state index is 0.0980. The Balaban J connectivity index is 0.000000360. The predicted molar refractivity (Wildman–Crippen MR) is 150 cm³/mol. The molecule has 0 heterocycles. The molecule has 0 aliphatic rings. The molecule has 2 aromatic carbocycles. The van der Waals surface area contributed by atoms with E-state index in [1.54, 1.807) is 0 Å². The zero-order valence-corrected chi connectivity index (χ0v) is 22.6. The van der Waals surface area contributed by atoms with Gasteiger partial charge in [0.2, 0.25) is 0 Å². The molecule has 0 amide bonds. The number of ketones is 2. The van der Waals surface area contributed by atoms with Crippen molar-refractivity contribution in [2.24, 2.45) is 0 Å². The Hall–Kier alpha value is -2.30. The van der Waals surface area contributed by atoms with E-state index in [-0.39, 0.29) is 24.8 Å². The highest BCUT2D eigenvalue weighted by Gasteiger charge is 2.10. The number of benzene rings is 2. The summed E-state index contributed by atoms with van der Waals surface area (Å²) in [6, 6.07) is 15.2. The van der Waals surface area contributed by atoms with Gasteiger partial charge in [-0.3, -0.25) is 9.59 Å². The molecule has 0 spiro atoms. The molecule has 0 saturated heterocycles. The number of hydrogen-bond acceptors (Lipinski definition) is 4. The van der Waals surface area contributed by atoms with Crippen molar-refractivity contribution in [3.63, 3.8) is 0 Å². The largest absolute Gasteiger partial charge is 0.396 e. The SMILES string of the molecule is CCCCCCCC(=O)c1ccc(CCO)cc1.CCCCCCCC(=O)c1ccccc1CCO. The lowest BCUT2D eigenvalue weighted by Crippen LogP contribution is -2.05. The van der Waals surface area contributed by atoms with Crippen molar-refractivity contribution in [2.75, 3.05) is 13.2 Å². The van der Waals surface area contributed by atoms with Crippen LogP contribution >= 0.6 is 0 Å². The van der Waals surface area contributed by atoms with Gasteiger partial charge in [0, 0.05) is 37.2 Å². The minimum Gasteiger partial charge on any atom is -0.396 e. The number of Topliss-reactive ketones (excluding diaryl/α,β-unsaturated/α-hetero) is 2. The third-order valence-electron chi connectivity index (χ3n) is 6.39. The van der Waals surface area contributed by atoms with Crippen LogP contribution in [0.15, 0.2) is 48.5 Å². The molecule has 0 atom stereocenters. The highest BCUT2D eigenvalue weighted by Crippen LogP contribution is 2.15. The van der Waals surface area contributed by atoms with E-state index in [0.29, 0.717) is 25.7 Å². The average molecular weight is 497 g/mol. The molecule has 36 heavy (non-hydrogen) atoms. The molecular weight excluding hydrogens is 448 g/mol. The minimum absolute atomic E-state index is 0.0980. The van der Waals surface area contributed by atoms with E-state index >= 15 is 0 Å². The Kier molecular flexibility index (Phi) is 18.4. The first-order chi connectivity index (χ1) is 17.6. The molecule has 4 nitrogen and oxygen atoms in total. The molecule has 0 saturated carbocycles. The van der Waals surface area contributed by atoms with Gasteiger partial charge in [0.25, 0.3) is 0 Å². The van der Waals surface area contributed by atoms with Crippen LogP contribution in [0.3, 0.4) is 0 Å². The lowest BCUT2D eigenvalue weighted by molar-refractivity contribution is 0.0970. The summed E-state index contributed by atoms with van der Waals surface area (Å²) in [5.41, 5.74) is 3.64. The number of hydrogen-bond donors (Lipinski definition) is 2. The number of rotatable bonds is 18. The van der Waals surface area contributed by atoms with Gasteiger partial charge >= 0.3 is 0 Å². The van der Waals surface area contributed by atoms with Gasteiger partial charge in [-0.1, -0.05) is 114 Å². The van der Waals surface area contributed by atoms with Crippen LogP contribution in [0.4, 0.5) is 0 Å². The maximum absolute atomic E-state index is 12.1. The Morgan fingerprint density at radius 3 is 1.69 bits per heavy atom. The molecule has 4 heteroatoms. The van der Waals surface area contributed by atoms with E-state index in [1.165, 1.54) is 38.5 Å². The molecule has 0 aliphatic carbocycles. The Labute approximate surface area is 219 Å².